The summed E-state index contributed by atoms with van der Waals surface area (Å²) in [5.41, 5.74) is 6.08. The number of nitrogens with zero attached hydrogens (tertiary/aromatic N) is 1. The molecule has 5 heteroatoms. The Kier molecular flexibility index (Phi) is 2.90. The van der Waals surface area contributed by atoms with Crippen molar-refractivity contribution < 1.29 is 9.53 Å². The maximum absolute atomic E-state index is 11.3. The van der Waals surface area contributed by atoms with E-state index in [4.69, 9.17) is 5.73 Å². The first-order chi connectivity index (χ1) is 6.50. The molecule has 0 spiro atoms. The van der Waals surface area contributed by atoms with Crippen molar-refractivity contribution in [1.82, 2.24) is 10.2 Å². The molecule has 1 atom stereocenters. The van der Waals surface area contributed by atoms with E-state index < -0.39 is 17.4 Å². The largest absolute Gasteiger partial charge is 0.468 e. The topological polar surface area (TPSA) is 81.0 Å². The van der Waals surface area contributed by atoms with Crippen molar-refractivity contribution in [2.45, 2.75) is 25.3 Å². The van der Waals surface area contributed by atoms with Crippen LogP contribution in [-0.2, 0) is 14.9 Å². The SMILES string of the molecule is COC(=O)C(N)C(C)(C)c1ccn[nH]1. The van der Waals surface area contributed by atoms with E-state index >= 15 is 0 Å². The molecule has 0 aliphatic heterocycles. The molecule has 1 rings (SSSR count). The van der Waals surface area contributed by atoms with Gasteiger partial charge in [0.15, 0.2) is 0 Å². The Morgan fingerprint density at radius 3 is 2.79 bits per heavy atom. The number of aromatic nitrogens is 2. The van der Waals surface area contributed by atoms with Crippen LogP contribution in [0.15, 0.2) is 12.3 Å². The lowest BCUT2D eigenvalue weighted by Gasteiger charge is -2.27. The smallest absolute Gasteiger partial charge is 0.323 e. The fraction of sp³-hybridized carbons (Fsp3) is 0.556. The average Bonchev–Trinajstić information content (AvgIpc) is 2.68. The number of carbonyl (C=O) groups is 1. The van der Waals surface area contributed by atoms with E-state index in [2.05, 4.69) is 14.9 Å². The molecule has 78 valence electrons. The Balaban J connectivity index is 2.90. The molecular formula is C9H15N3O2. The third-order valence-electron chi connectivity index (χ3n) is 2.43. The summed E-state index contributed by atoms with van der Waals surface area (Å²) >= 11 is 0. The predicted molar refractivity (Wildman–Crippen MR) is 51.6 cm³/mol. The maximum atomic E-state index is 11.3. The highest BCUT2D eigenvalue weighted by Gasteiger charge is 2.35. The van der Waals surface area contributed by atoms with E-state index in [1.807, 2.05) is 13.8 Å². The van der Waals surface area contributed by atoms with E-state index in [-0.39, 0.29) is 0 Å². The maximum Gasteiger partial charge on any atom is 0.323 e. The molecule has 1 aromatic heterocycles. The molecule has 1 unspecified atom stereocenters. The van der Waals surface area contributed by atoms with Crippen molar-refractivity contribution in [3.8, 4) is 0 Å². The van der Waals surface area contributed by atoms with Gasteiger partial charge in [0.05, 0.1) is 7.11 Å². The molecule has 0 aliphatic rings. The molecule has 0 aliphatic carbocycles. The van der Waals surface area contributed by atoms with Gasteiger partial charge < -0.3 is 10.5 Å². The molecule has 0 amide bonds. The third kappa shape index (κ3) is 1.77. The summed E-state index contributed by atoms with van der Waals surface area (Å²) in [5, 5.41) is 6.62. The number of carbonyl (C=O) groups excluding carboxylic acids is 1. The molecule has 1 heterocycles. The summed E-state index contributed by atoms with van der Waals surface area (Å²) in [7, 11) is 1.32. The van der Waals surface area contributed by atoms with Gasteiger partial charge in [0.1, 0.15) is 6.04 Å². The number of H-pyrrole nitrogens is 1. The number of hydrogen-bond acceptors (Lipinski definition) is 4. The van der Waals surface area contributed by atoms with Crippen LogP contribution in [0.4, 0.5) is 0 Å². The highest BCUT2D eigenvalue weighted by Crippen LogP contribution is 2.24. The van der Waals surface area contributed by atoms with Gasteiger partial charge in [0.25, 0.3) is 0 Å². The Hall–Kier alpha value is -1.36. The molecule has 3 N–H and O–H groups in total. The standard InChI is InChI=1S/C9H15N3O2/c1-9(2,6-4-5-11-12-6)7(10)8(13)14-3/h4-5,7H,10H2,1-3H3,(H,11,12). The second kappa shape index (κ2) is 3.79. The summed E-state index contributed by atoms with van der Waals surface area (Å²) in [6.07, 6.45) is 1.63. The monoisotopic (exact) mass is 197 g/mol. The van der Waals surface area contributed by atoms with E-state index in [1.54, 1.807) is 12.3 Å². The second-order valence-electron chi connectivity index (χ2n) is 3.69. The first kappa shape index (κ1) is 10.7. The molecule has 0 bridgehead atoms. The lowest BCUT2D eigenvalue weighted by atomic mass is 9.82. The first-order valence-electron chi connectivity index (χ1n) is 4.33. The lowest BCUT2D eigenvalue weighted by Crippen LogP contribution is -2.47. The lowest BCUT2D eigenvalue weighted by molar-refractivity contribution is -0.143. The quantitative estimate of drug-likeness (QED) is 0.678. The van der Waals surface area contributed by atoms with Gasteiger partial charge in [0.2, 0.25) is 0 Å². The Morgan fingerprint density at radius 2 is 2.36 bits per heavy atom. The van der Waals surface area contributed by atoms with Gasteiger partial charge in [-0.15, -0.1) is 0 Å². The van der Waals surface area contributed by atoms with Crippen molar-refractivity contribution in [2.75, 3.05) is 7.11 Å². The van der Waals surface area contributed by atoms with Gasteiger partial charge in [0, 0.05) is 17.3 Å². The first-order valence-corrected chi connectivity index (χ1v) is 4.33. The zero-order valence-corrected chi connectivity index (χ0v) is 8.57. The summed E-state index contributed by atoms with van der Waals surface area (Å²) in [4.78, 5) is 11.3. The van der Waals surface area contributed by atoms with Crippen molar-refractivity contribution in [1.29, 1.82) is 0 Å². The summed E-state index contributed by atoms with van der Waals surface area (Å²) in [5.74, 6) is -0.426. The molecule has 0 fully saturated rings. The summed E-state index contributed by atoms with van der Waals surface area (Å²) in [6.45, 7) is 3.73. The number of hydrogen-bond donors (Lipinski definition) is 2. The minimum Gasteiger partial charge on any atom is -0.468 e. The van der Waals surface area contributed by atoms with Crippen LogP contribution in [0, 0.1) is 0 Å². The van der Waals surface area contributed by atoms with Crippen molar-refractivity contribution in [3.05, 3.63) is 18.0 Å². The van der Waals surface area contributed by atoms with E-state index in [9.17, 15) is 4.79 Å². The number of aromatic amines is 1. The van der Waals surface area contributed by atoms with Crippen LogP contribution in [0.3, 0.4) is 0 Å². The van der Waals surface area contributed by atoms with Crippen LogP contribution >= 0.6 is 0 Å². The normalized spacial score (nSPS) is 13.7. The Labute approximate surface area is 82.6 Å². The molecule has 0 radical (unpaired) electrons. The molecule has 0 aromatic carbocycles. The number of rotatable bonds is 3. The Morgan fingerprint density at radius 1 is 1.71 bits per heavy atom. The van der Waals surface area contributed by atoms with Crippen molar-refractivity contribution in [3.63, 3.8) is 0 Å². The molecule has 1 aromatic rings. The van der Waals surface area contributed by atoms with Crippen molar-refractivity contribution >= 4 is 5.97 Å². The molecule has 14 heavy (non-hydrogen) atoms. The van der Waals surface area contributed by atoms with Crippen LogP contribution in [-0.4, -0.2) is 29.3 Å². The van der Waals surface area contributed by atoms with Crippen molar-refractivity contribution in [2.24, 2.45) is 5.73 Å². The number of nitrogens with two attached hydrogens (primary N) is 1. The van der Waals surface area contributed by atoms with Crippen LogP contribution in [0.25, 0.3) is 0 Å². The van der Waals surface area contributed by atoms with Crippen LogP contribution in [0.5, 0.6) is 0 Å². The highest BCUT2D eigenvalue weighted by molar-refractivity contribution is 5.77. The van der Waals surface area contributed by atoms with E-state index in [1.165, 1.54) is 7.11 Å². The predicted octanol–water partition coefficient (Wildman–Crippen LogP) is 0.188. The molecule has 0 saturated heterocycles. The second-order valence-corrected chi connectivity index (χ2v) is 3.69. The van der Waals surface area contributed by atoms with Gasteiger partial charge in [-0.05, 0) is 6.07 Å². The summed E-state index contributed by atoms with van der Waals surface area (Å²) in [6, 6.07) is 1.09. The van der Waals surface area contributed by atoms with Gasteiger partial charge in [-0.3, -0.25) is 9.89 Å². The average molecular weight is 197 g/mol. The molecular weight excluding hydrogens is 182 g/mol. The zero-order chi connectivity index (χ0) is 10.8. The summed E-state index contributed by atoms with van der Waals surface area (Å²) < 4.78 is 4.60. The van der Waals surface area contributed by atoms with Gasteiger partial charge in [-0.1, -0.05) is 13.8 Å². The highest BCUT2D eigenvalue weighted by atomic mass is 16.5. The number of nitrogens with one attached hydrogen (secondary N) is 1. The third-order valence-corrected chi connectivity index (χ3v) is 2.43. The fourth-order valence-electron chi connectivity index (χ4n) is 1.20. The number of esters is 1. The van der Waals surface area contributed by atoms with E-state index in [0.29, 0.717) is 0 Å². The zero-order valence-electron chi connectivity index (χ0n) is 8.57. The minimum atomic E-state index is -0.701. The van der Waals surface area contributed by atoms with Crippen LogP contribution in [0.1, 0.15) is 19.5 Å². The van der Waals surface area contributed by atoms with E-state index in [0.717, 1.165) is 5.69 Å². The van der Waals surface area contributed by atoms with Gasteiger partial charge >= 0.3 is 5.97 Å². The number of ether oxygens (including phenoxy) is 1. The Bertz CT molecular complexity index is 306. The molecule has 0 saturated carbocycles. The van der Waals surface area contributed by atoms with Gasteiger partial charge in [-0.2, -0.15) is 5.10 Å². The van der Waals surface area contributed by atoms with Crippen LogP contribution < -0.4 is 5.73 Å². The fourth-order valence-corrected chi connectivity index (χ4v) is 1.20. The van der Waals surface area contributed by atoms with Gasteiger partial charge in [-0.25, -0.2) is 0 Å². The van der Waals surface area contributed by atoms with Crippen LogP contribution in [0.2, 0.25) is 0 Å². The molecule has 5 nitrogen and oxygen atoms in total. The number of methoxy groups -OCH3 is 1. The minimum absolute atomic E-state index is 0.426.